The average Bonchev–Trinajstić information content (AvgIpc) is 3.15. The Morgan fingerprint density at radius 2 is 1.29 bits per heavy atom. The number of rotatable bonds is 5. The summed E-state index contributed by atoms with van der Waals surface area (Å²) in [5, 5.41) is 3.72. The zero-order valence-corrected chi connectivity index (χ0v) is 31.9. The second-order valence-electron chi connectivity index (χ2n) is 13.1. The molecular formula is C47H39IrN3-2. The first kappa shape index (κ1) is 35.5. The molecule has 4 heteroatoms. The van der Waals surface area contributed by atoms with E-state index in [4.69, 9.17) is 4.98 Å². The summed E-state index contributed by atoms with van der Waals surface area (Å²) in [5.74, 6) is 0.459. The third-order valence-electron chi connectivity index (χ3n) is 9.23. The van der Waals surface area contributed by atoms with Gasteiger partial charge < -0.3 is 9.97 Å². The molecular weight excluding hydrogens is 799 g/mol. The third-order valence-corrected chi connectivity index (χ3v) is 9.23. The molecule has 0 amide bonds. The molecule has 0 fully saturated rings. The number of aryl methyl sites for hydroxylation is 3. The van der Waals surface area contributed by atoms with Crippen LogP contribution in [0, 0.1) is 32.9 Å². The minimum atomic E-state index is 0. The van der Waals surface area contributed by atoms with Crippen molar-refractivity contribution in [2.45, 2.75) is 40.5 Å². The molecule has 253 valence electrons. The summed E-state index contributed by atoms with van der Waals surface area (Å²) in [6.45, 7) is 11.0. The molecule has 0 spiro atoms. The largest absolute Gasteiger partial charge is 0.305 e. The summed E-state index contributed by atoms with van der Waals surface area (Å²) in [6.07, 6.45) is 5.54. The van der Waals surface area contributed by atoms with E-state index in [1.807, 2.05) is 73.1 Å². The minimum Gasteiger partial charge on any atom is -0.305 e. The topological polar surface area (TPSA) is 38.7 Å². The fourth-order valence-corrected chi connectivity index (χ4v) is 6.57. The molecule has 0 atom stereocenters. The summed E-state index contributed by atoms with van der Waals surface area (Å²) < 4.78 is 0. The van der Waals surface area contributed by atoms with Crippen molar-refractivity contribution in [3.8, 4) is 44.8 Å². The Kier molecular flexibility index (Phi) is 11.0. The quantitative estimate of drug-likeness (QED) is 0.128. The first-order valence-corrected chi connectivity index (χ1v) is 17.1. The van der Waals surface area contributed by atoms with E-state index in [0.29, 0.717) is 5.92 Å². The maximum absolute atomic E-state index is 4.74. The van der Waals surface area contributed by atoms with Gasteiger partial charge in [0.1, 0.15) is 0 Å². The fraction of sp³-hybridized carbons (Fsp3) is 0.128. The first-order chi connectivity index (χ1) is 24.4. The molecule has 3 heterocycles. The number of nitrogens with zero attached hydrogens (tertiary/aromatic N) is 3. The van der Waals surface area contributed by atoms with Crippen molar-refractivity contribution in [1.29, 1.82) is 0 Å². The number of pyridine rings is 3. The molecule has 3 nitrogen and oxygen atoms in total. The van der Waals surface area contributed by atoms with E-state index in [1.54, 1.807) is 6.20 Å². The van der Waals surface area contributed by atoms with Gasteiger partial charge in [-0.25, -0.2) is 0 Å². The minimum absolute atomic E-state index is 0. The summed E-state index contributed by atoms with van der Waals surface area (Å²) in [6, 6.07) is 48.8. The Hall–Kier alpha value is -5.28. The van der Waals surface area contributed by atoms with E-state index in [-0.39, 0.29) is 20.1 Å². The summed E-state index contributed by atoms with van der Waals surface area (Å²) in [5.41, 5.74) is 14.9. The van der Waals surface area contributed by atoms with Crippen molar-refractivity contribution in [3.05, 3.63) is 174 Å². The van der Waals surface area contributed by atoms with Gasteiger partial charge in [0.05, 0.1) is 5.52 Å². The van der Waals surface area contributed by atoms with E-state index in [1.165, 1.54) is 60.7 Å². The second kappa shape index (κ2) is 15.7. The first-order valence-electron chi connectivity index (χ1n) is 17.1. The van der Waals surface area contributed by atoms with Gasteiger partial charge in [0.2, 0.25) is 0 Å². The Morgan fingerprint density at radius 3 is 2.06 bits per heavy atom. The van der Waals surface area contributed by atoms with Crippen LogP contribution in [0.15, 0.2) is 140 Å². The van der Waals surface area contributed by atoms with Crippen LogP contribution in [0.3, 0.4) is 0 Å². The molecule has 8 aromatic rings. The van der Waals surface area contributed by atoms with Gasteiger partial charge in [0.25, 0.3) is 0 Å². The van der Waals surface area contributed by atoms with Crippen molar-refractivity contribution in [3.63, 3.8) is 0 Å². The summed E-state index contributed by atoms with van der Waals surface area (Å²) >= 11 is 0. The van der Waals surface area contributed by atoms with Gasteiger partial charge in [-0.15, -0.1) is 71.3 Å². The maximum Gasteiger partial charge on any atom is 0.0714 e. The molecule has 0 N–H and O–H groups in total. The van der Waals surface area contributed by atoms with Crippen LogP contribution < -0.4 is 0 Å². The third kappa shape index (κ3) is 7.73. The van der Waals surface area contributed by atoms with Crippen molar-refractivity contribution < 1.29 is 20.1 Å². The molecule has 51 heavy (non-hydrogen) atoms. The SMILES string of the molecule is Cc1ccnc(-c2[c-]ccc(-c3cc(-c4cc5ncccc5c5ccc(C(C)C)cc45)c(C)cc3C)c2)c1.[Ir].[c-]1ccccc1-c1ccccn1. The van der Waals surface area contributed by atoms with Crippen LogP contribution in [0.2, 0.25) is 0 Å². The van der Waals surface area contributed by atoms with Crippen LogP contribution in [0.1, 0.15) is 42.0 Å². The number of fused-ring (bicyclic) bond motifs is 3. The van der Waals surface area contributed by atoms with Gasteiger partial charge in [-0.3, -0.25) is 4.98 Å². The van der Waals surface area contributed by atoms with Crippen molar-refractivity contribution in [1.82, 2.24) is 15.0 Å². The fourth-order valence-electron chi connectivity index (χ4n) is 6.57. The van der Waals surface area contributed by atoms with Crippen molar-refractivity contribution in [2.75, 3.05) is 0 Å². The van der Waals surface area contributed by atoms with Gasteiger partial charge in [-0.1, -0.05) is 67.9 Å². The average molecular weight is 838 g/mol. The van der Waals surface area contributed by atoms with Crippen LogP contribution in [0.25, 0.3) is 66.4 Å². The zero-order chi connectivity index (χ0) is 34.6. The normalized spacial score (nSPS) is 10.9. The molecule has 5 aromatic carbocycles. The maximum atomic E-state index is 4.74. The standard InChI is InChI=1S/C36H31N2.C11H8N.Ir/c1-22(2)26-11-12-29-30-10-7-14-37-36(30)21-34(33(29)19-26)32-20-31(24(4)17-25(32)5)27-8-6-9-28(18-27)35-16-23(3)13-15-38-35;1-2-6-10(7-3-1)11-8-4-5-9-12-11;/h6-8,10-22H,1-5H3;1-6,8-9H;/q2*-1;. The summed E-state index contributed by atoms with van der Waals surface area (Å²) in [4.78, 5) is 13.6. The zero-order valence-electron chi connectivity index (χ0n) is 29.5. The van der Waals surface area contributed by atoms with E-state index in [0.717, 1.165) is 28.0 Å². The molecule has 0 aliphatic rings. The molecule has 0 bridgehead atoms. The number of benzene rings is 5. The van der Waals surface area contributed by atoms with Gasteiger partial charge >= 0.3 is 0 Å². The number of hydrogen-bond acceptors (Lipinski definition) is 3. The Bertz CT molecular complexity index is 2400. The van der Waals surface area contributed by atoms with E-state index in [2.05, 4.69) is 117 Å². The van der Waals surface area contributed by atoms with Crippen LogP contribution in [0.5, 0.6) is 0 Å². The summed E-state index contributed by atoms with van der Waals surface area (Å²) in [7, 11) is 0. The van der Waals surface area contributed by atoms with Crippen LogP contribution in [-0.4, -0.2) is 15.0 Å². The van der Waals surface area contributed by atoms with Gasteiger partial charge in [0.15, 0.2) is 0 Å². The Labute approximate surface area is 314 Å². The smallest absolute Gasteiger partial charge is 0.0714 e. The molecule has 0 aliphatic heterocycles. The molecule has 0 aliphatic carbocycles. The predicted octanol–water partition coefficient (Wildman–Crippen LogP) is 12.2. The van der Waals surface area contributed by atoms with Crippen molar-refractivity contribution in [2.24, 2.45) is 0 Å². The van der Waals surface area contributed by atoms with Gasteiger partial charge in [0, 0.05) is 44.1 Å². The van der Waals surface area contributed by atoms with Crippen LogP contribution in [0.4, 0.5) is 0 Å². The van der Waals surface area contributed by atoms with Crippen molar-refractivity contribution >= 4 is 21.7 Å². The molecule has 8 rings (SSSR count). The molecule has 0 saturated carbocycles. The molecule has 0 unspecified atom stereocenters. The van der Waals surface area contributed by atoms with Gasteiger partial charge in [-0.2, -0.15) is 0 Å². The van der Waals surface area contributed by atoms with E-state index < -0.39 is 0 Å². The Balaban J connectivity index is 0.000000291. The van der Waals surface area contributed by atoms with Crippen LogP contribution in [-0.2, 0) is 20.1 Å². The number of aromatic nitrogens is 3. The van der Waals surface area contributed by atoms with E-state index in [9.17, 15) is 0 Å². The van der Waals surface area contributed by atoms with Gasteiger partial charge in [-0.05, 0) is 113 Å². The predicted molar refractivity (Wildman–Crippen MR) is 209 cm³/mol. The van der Waals surface area contributed by atoms with E-state index >= 15 is 0 Å². The molecule has 0 saturated heterocycles. The monoisotopic (exact) mass is 838 g/mol. The Morgan fingerprint density at radius 1 is 0.510 bits per heavy atom. The molecule has 1 radical (unpaired) electrons. The number of hydrogen-bond donors (Lipinski definition) is 0. The molecule has 3 aromatic heterocycles. The second-order valence-corrected chi connectivity index (χ2v) is 13.1. The van der Waals surface area contributed by atoms with Crippen LogP contribution >= 0.6 is 0 Å².